The van der Waals surface area contributed by atoms with Crippen LogP contribution in [0, 0.1) is 13.8 Å². The summed E-state index contributed by atoms with van der Waals surface area (Å²) in [6.45, 7) is 4.09. The van der Waals surface area contributed by atoms with Crippen LogP contribution < -0.4 is 0 Å². The first-order valence-corrected chi connectivity index (χ1v) is 6.84. The minimum atomic E-state index is -0.0841. The number of alkyl halides is 1. The standard InChI is InChI=1S/C16H16Cl2/c1-11-5-3-7-13(9-11)10-15(17)14-8-4-6-12(2)16(14)18/h3-9,15H,10H2,1-2H3. The van der Waals surface area contributed by atoms with E-state index in [0.29, 0.717) is 0 Å². The Balaban J connectivity index is 2.22. The van der Waals surface area contributed by atoms with Crippen molar-refractivity contribution in [1.82, 2.24) is 0 Å². The molecule has 2 rings (SSSR count). The van der Waals surface area contributed by atoms with E-state index in [1.807, 2.05) is 25.1 Å². The molecule has 0 aliphatic heterocycles. The van der Waals surface area contributed by atoms with Crippen LogP contribution in [0.1, 0.15) is 27.6 Å². The Kier molecular flexibility index (Phi) is 4.31. The van der Waals surface area contributed by atoms with Crippen molar-refractivity contribution in [1.29, 1.82) is 0 Å². The highest BCUT2D eigenvalue weighted by molar-refractivity contribution is 6.33. The summed E-state index contributed by atoms with van der Waals surface area (Å²) in [7, 11) is 0. The van der Waals surface area contributed by atoms with Gasteiger partial charge in [0.25, 0.3) is 0 Å². The lowest BCUT2D eigenvalue weighted by Crippen LogP contribution is -1.98. The van der Waals surface area contributed by atoms with Crippen molar-refractivity contribution in [2.24, 2.45) is 0 Å². The summed E-state index contributed by atoms with van der Waals surface area (Å²) in [4.78, 5) is 0. The van der Waals surface area contributed by atoms with Gasteiger partial charge >= 0.3 is 0 Å². The summed E-state index contributed by atoms with van der Waals surface area (Å²) >= 11 is 12.8. The van der Waals surface area contributed by atoms with Gasteiger partial charge in [0.05, 0.1) is 5.38 Å². The molecule has 0 nitrogen and oxygen atoms in total. The zero-order valence-electron chi connectivity index (χ0n) is 10.6. The average Bonchev–Trinajstić information content (AvgIpc) is 2.32. The highest BCUT2D eigenvalue weighted by atomic mass is 35.5. The van der Waals surface area contributed by atoms with Gasteiger partial charge in [0.2, 0.25) is 0 Å². The molecule has 0 N–H and O–H groups in total. The van der Waals surface area contributed by atoms with Crippen molar-refractivity contribution in [2.75, 3.05) is 0 Å². The van der Waals surface area contributed by atoms with E-state index in [9.17, 15) is 0 Å². The third kappa shape index (κ3) is 3.07. The Morgan fingerprint density at radius 2 is 1.78 bits per heavy atom. The fourth-order valence-electron chi connectivity index (χ4n) is 2.07. The van der Waals surface area contributed by atoms with Crippen LogP contribution in [0.5, 0.6) is 0 Å². The van der Waals surface area contributed by atoms with Crippen LogP contribution in [0.15, 0.2) is 42.5 Å². The van der Waals surface area contributed by atoms with Gasteiger partial charge in [0, 0.05) is 5.02 Å². The molecule has 0 radical (unpaired) electrons. The summed E-state index contributed by atoms with van der Waals surface area (Å²) in [6.07, 6.45) is 0.798. The molecule has 0 bridgehead atoms. The van der Waals surface area contributed by atoms with Crippen LogP contribution in [-0.4, -0.2) is 0 Å². The quantitative estimate of drug-likeness (QED) is 0.653. The first kappa shape index (κ1) is 13.5. The second kappa shape index (κ2) is 5.77. The second-order valence-corrected chi connectivity index (χ2v) is 5.54. The molecule has 0 heterocycles. The fourth-order valence-corrected chi connectivity index (χ4v) is 2.74. The number of hydrogen-bond acceptors (Lipinski definition) is 0. The molecular formula is C16H16Cl2. The Labute approximate surface area is 119 Å². The van der Waals surface area contributed by atoms with Gasteiger partial charge in [-0.2, -0.15) is 0 Å². The van der Waals surface area contributed by atoms with Crippen LogP contribution in [0.3, 0.4) is 0 Å². The molecule has 0 saturated carbocycles. The molecule has 2 aromatic rings. The van der Waals surface area contributed by atoms with Crippen LogP contribution in [-0.2, 0) is 6.42 Å². The molecule has 1 atom stereocenters. The first-order chi connectivity index (χ1) is 8.58. The summed E-state index contributed by atoms with van der Waals surface area (Å²) in [6, 6.07) is 14.4. The number of halogens is 2. The monoisotopic (exact) mass is 278 g/mol. The zero-order valence-corrected chi connectivity index (χ0v) is 12.1. The van der Waals surface area contributed by atoms with Gasteiger partial charge in [-0.25, -0.2) is 0 Å². The fraction of sp³-hybridized carbons (Fsp3) is 0.250. The molecule has 0 spiro atoms. The summed E-state index contributed by atoms with van der Waals surface area (Å²) in [5.41, 5.74) is 4.59. The SMILES string of the molecule is Cc1cccc(CC(Cl)c2cccc(C)c2Cl)c1. The van der Waals surface area contributed by atoms with Crippen molar-refractivity contribution >= 4 is 23.2 Å². The summed E-state index contributed by atoms with van der Waals surface area (Å²) in [5.74, 6) is 0. The third-order valence-corrected chi connectivity index (χ3v) is 3.96. The van der Waals surface area contributed by atoms with Crippen molar-refractivity contribution in [2.45, 2.75) is 25.6 Å². The lowest BCUT2D eigenvalue weighted by molar-refractivity contribution is 0.916. The van der Waals surface area contributed by atoms with Gasteiger partial charge in [-0.3, -0.25) is 0 Å². The van der Waals surface area contributed by atoms with Crippen LogP contribution >= 0.6 is 23.2 Å². The minimum absolute atomic E-state index is 0.0841. The van der Waals surface area contributed by atoms with Gasteiger partial charge in [-0.15, -0.1) is 11.6 Å². The van der Waals surface area contributed by atoms with Crippen molar-refractivity contribution < 1.29 is 0 Å². The number of aryl methyl sites for hydroxylation is 2. The lowest BCUT2D eigenvalue weighted by Gasteiger charge is -2.13. The van der Waals surface area contributed by atoms with Crippen molar-refractivity contribution in [3.63, 3.8) is 0 Å². The van der Waals surface area contributed by atoms with E-state index in [1.165, 1.54) is 11.1 Å². The Bertz CT molecular complexity index is 547. The molecule has 0 saturated heterocycles. The van der Waals surface area contributed by atoms with Crippen LogP contribution in [0.4, 0.5) is 0 Å². The Morgan fingerprint density at radius 1 is 1.06 bits per heavy atom. The molecule has 0 aliphatic rings. The summed E-state index contributed by atoms with van der Waals surface area (Å²) in [5, 5.41) is 0.698. The lowest BCUT2D eigenvalue weighted by atomic mass is 10.0. The van der Waals surface area contributed by atoms with E-state index < -0.39 is 0 Å². The average molecular weight is 279 g/mol. The highest BCUT2D eigenvalue weighted by Crippen LogP contribution is 2.32. The van der Waals surface area contributed by atoms with E-state index in [-0.39, 0.29) is 5.38 Å². The van der Waals surface area contributed by atoms with E-state index in [4.69, 9.17) is 23.2 Å². The van der Waals surface area contributed by atoms with Gasteiger partial charge in [0.1, 0.15) is 0 Å². The normalized spacial score (nSPS) is 12.4. The molecule has 0 amide bonds. The molecule has 0 aromatic heterocycles. The Hall–Kier alpha value is -0.980. The predicted octanol–water partition coefficient (Wildman–Crippen LogP) is 5.48. The molecule has 0 aliphatic carbocycles. The van der Waals surface area contributed by atoms with E-state index in [1.54, 1.807) is 0 Å². The largest absolute Gasteiger partial charge is 0.117 e. The maximum Gasteiger partial charge on any atom is 0.0640 e. The molecule has 0 fully saturated rings. The maximum absolute atomic E-state index is 6.49. The maximum atomic E-state index is 6.49. The smallest absolute Gasteiger partial charge is 0.0640 e. The van der Waals surface area contributed by atoms with E-state index in [2.05, 4.69) is 31.2 Å². The molecular weight excluding hydrogens is 263 g/mol. The molecule has 18 heavy (non-hydrogen) atoms. The van der Waals surface area contributed by atoms with Crippen LogP contribution in [0.2, 0.25) is 5.02 Å². The van der Waals surface area contributed by atoms with Crippen molar-refractivity contribution in [3.8, 4) is 0 Å². The third-order valence-electron chi connectivity index (χ3n) is 3.06. The van der Waals surface area contributed by atoms with Gasteiger partial charge in [0.15, 0.2) is 0 Å². The van der Waals surface area contributed by atoms with Crippen molar-refractivity contribution in [3.05, 3.63) is 69.7 Å². The van der Waals surface area contributed by atoms with Gasteiger partial charge < -0.3 is 0 Å². The van der Waals surface area contributed by atoms with E-state index >= 15 is 0 Å². The Morgan fingerprint density at radius 3 is 2.50 bits per heavy atom. The molecule has 2 heteroatoms. The van der Waals surface area contributed by atoms with Gasteiger partial charge in [-0.05, 0) is 37.0 Å². The van der Waals surface area contributed by atoms with Crippen LogP contribution in [0.25, 0.3) is 0 Å². The molecule has 94 valence electrons. The zero-order chi connectivity index (χ0) is 13.1. The summed E-state index contributed by atoms with van der Waals surface area (Å²) < 4.78 is 0. The molecule has 2 aromatic carbocycles. The van der Waals surface area contributed by atoms with Gasteiger partial charge in [-0.1, -0.05) is 59.6 Å². The van der Waals surface area contributed by atoms with E-state index in [0.717, 1.165) is 22.6 Å². The molecule has 1 unspecified atom stereocenters. The second-order valence-electron chi connectivity index (χ2n) is 4.64. The first-order valence-electron chi connectivity index (χ1n) is 6.02. The highest BCUT2D eigenvalue weighted by Gasteiger charge is 2.13. The topological polar surface area (TPSA) is 0 Å². The predicted molar refractivity (Wildman–Crippen MR) is 79.7 cm³/mol. The number of rotatable bonds is 3. The number of hydrogen-bond donors (Lipinski definition) is 0. The minimum Gasteiger partial charge on any atom is -0.117 e. The number of benzene rings is 2.